The standard InChI is InChI=1S/C12H27N3O/c1-4-15(8-5-7-14(2)3)12-10-16-9-6-11(12)13/h11-12H,4-10,13H2,1-3H3. The Morgan fingerprint density at radius 1 is 1.31 bits per heavy atom. The van der Waals surface area contributed by atoms with E-state index >= 15 is 0 Å². The zero-order chi connectivity index (χ0) is 12.0. The van der Waals surface area contributed by atoms with E-state index in [0.29, 0.717) is 6.04 Å². The normalized spacial score (nSPS) is 26.6. The minimum Gasteiger partial charge on any atom is -0.380 e. The Kier molecular flexibility index (Phi) is 6.28. The van der Waals surface area contributed by atoms with Crippen LogP contribution in [0.1, 0.15) is 19.8 Å². The van der Waals surface area contributed by atoms with E-state index in [1.54, 1.807) is 0 Å². The minimum atomic E-state index is 0.285. The monoisotopic (exact) mass is 229 g/mol. The van der Waals surface area contributed by atoms with Gasteiger partial charge in [-0.3, -0.25) is 4.90 Å². The molecule has 0 radical (unpaired) electrons. The van der Waals surface area contributed by atoms with E-state index in [-0.39, 0.29) is 6.04 Å². The molecule has 0 bridgehead atoms. The van der Waals surface area contributed by atoms with Crippen LogP contribution in [0.25, 0.3) is 0 Å². The molecule has 0 aromatic heterocycles. The Morgan fingerprint density at radius 2 is 2.06 bits per heavy atom. The van der Waals surface area contributed by atoms with Gasteiger partial charge in [-0.1, -0.05) is 6.92 Å². The maximum absolute atomic E-state index is 6.15. The number of nitrogens with zero attached hydrogens (tertiary/aromatic N) is 2. The summed E-state index contributed by atoms with van der Waals surface area (Å²) in [6.45, 7) is 7.16. The molecule has 1 aliphatic heterocycles. The zero-order valence-corrected chi connectivity index (χ0v) is 11.0. The molecule has 1 rings (SSSR count). The zero-order valence-electron chi connectivity index (χ0n) is 11.0. The summed E-state index contributed by atoms with van der Waals surface area (Å²) < 4.78 is 5.53. The first-order valence-electron chi connectivity index (χ1n) is 6.37. The van der Waals surface area contributed by atoms with Crippen LogP contribution in [0.3, 0.4) is 0 Å². The van der Waals surface area contributed by atoms with Gasteiger partial charge >= 0.3 is 0 Å². The van der Waals surface area contributed by atoms with Crippen LogP contribution >= 0.6 is 0 Å². The molecule has 0 amide bonds. The first-order valence-corrected chi connectivity index (χ1v) is 6.37. The fourth-order valence-electron chi connectivity index (χ4n) is 2.26. The third-order valence-electron chi connectivity index (χ3n) is 3.30. The molecule has 1 aliphatic rings. The Balaban J connectivity index is 2.33. The van der Waals surface area contributed by atoms with Crippen LogP contribution < -0.4 is 5.73 Å². The second-order valence-electron chi connectivity index (χ2n) is 4.88. The third-order valence-corrected chi connectivity index (χ3v) is 3.30. The summed E-state index contributed by atoms with van der Waals surface area (Å²) in [4.78, 5) is 4.69. The van der Waals surface area contributed by atoms with Crippen molar-refractivity contribution >= 4 is 0 Å². The lowest BCUT2D eigenvalue weighted by atomic mass is 10.0. The second kappa shape index (κ2) is 7.22. The molecule has 0 aromatic rings. The van der Waals surface area contributed by atoms with Gasteiger partial charge < -0.3 is 15.4 Å². The Labute approximate surface area is 99.7 Å². The third kappa shape index (κ3) is 4.37. The van der Waals surface area contributed by atoms with Gasteiger partial charge in [0.1, 0.15) is 0 Å². The molecule has 96 valence electrons. The summed E-state index contributed by atoms with van der Waals surface area (Å²) in [5, 5.41) is 0. The van der Waals surface area contributed by atoms with Crippen LogP contribution in [-0.4, -0.2) is 68.8 Å². The molecule has 2 unspecified atom stereocenters. The van der Waals surface area contributed by atoms with Gasteiger partial charge in [0.05, 0.1) is 6.61 Å². The fraction of sp³-hybridized carbons (Fsp3) is 1.00. The van der Waals surface area contributed by atoms with Gasteiger partial charge in [0.25, 0.3) is 0 Å². The molecule has 0 spiro atoms. The lowest BCUT2D eigenvalue weighted by Crippen LogP contribution is -2.53. The Morgan fingerprint density at radius 3 is 2.62 bits per heavy atom. The number of hydrogen-bond acceptors (Lipinski definition) is 4. The van der Waals surface area contributed by atoms with Gasteiger partial charge in [-0.15, -0.1) is 0 Å². The lowest BCUT2D eigenvalue weighted by molar-refractivity contribution is 0.00675. The van der Waals surface area contributed by atoms with Crippen LogP contribution in [-0.2, 0) is 4.74 Å². The topological polar surface area (TPSA) is 41.7 Å². The molecule has 1 saturated heterocycles. The molecular weight excluding hydrogens is 202 g/mol. The molecule has 16 heavy (non-hydrogen) atoms. The van der Waals surface area contributed by atoms with Gasteiger partial charge in [0.2, 0.25) is 0 Å². The molecule has 0 saturated carbocycles. The maximum atomic E-state index is 6.15. The van der Waals surface area contributed by atoms with E-state index in [1.807, 2.05) is 0 Å². The van der Waals surface area contributed by atoms with Gasteiger partial charge in [-0.25, -0.2) is 0 Å². The summed E-state index contributed by atoms with van der Waals surface area (Å²) in [5.41, 5.74) is 6.15. The molecular formula is C12H27N3O. The van der Waals surface area contributed by atoms with Crippen LogP contribution in [0.2, 0.25) is 0 Å². The molecule has 0 aromatic carbocycles. The van der Waals surface area contributed by atoms with Crippen LogP contribution in [0.4, 0.5) is 0 Å². The predicted molar refractivity (Wildman–Crippen MR) is 67.6 cm³/mol. The SMILES string of the molecule is CCN(CCCN(C)C)C1COCCC1N. The average Bonchev–Trinajstić information content (AvgIpc) is 2.25. The number of rotatable bonds is 6. The van der Waals surface area contributed by atoms with Crippen molar-refractivity contribution in [1.29, 1.82) is 0 Å². The van der Waals surface area contributed by atoms with E-state index < -0.39 is 0 Å². The van der Waals surface area contributed by atoms with Crippen molar-refractivity contribution in [3.8, 4) is 0 Å². The quantitative estimate of drug-likeness (QED) is 0.715. The first kappa shape index (κ1) is 13.9. The Bertz CT molecular complexity index is 187. The van der Waals surface area contributed by atoms with E-state index in [2.05, 4.69) is 30.8 Å². The van der Waals surface area contributed by atoms with Crippen molar-refractivity contribution in [2.24, 2.45) is 5.73 Å². The highest BCUT2D eigenvalue weighted by Gasteiger charge is 2.26. The summed E-state index contributed by atoms with van der Waals surface area (Å²) in [5.74, 6) is 0. The number of likely N-dealkylation sites (N-methyl/N-ethyl adjacent to an activating group) is 1. The van der Waals surface area contributed by atoms with Crippen molar-refractivity contribution in [2.75, 3.05) is 46.9 Å². The van der Waals surface area contributed by atoms with Gasteiger partial charge in [-0.2, -0.15) is 0 Å². The molecule has 4 nitrogen and oxygen atoms in total. The van der Waals surface area contributed by atoms with Crippen LogP contribution in [0.5, 0.6) is 0 Å². The summed E-state index contributed by atoms with van der Waals surface area (Å²) in [6.07, 6.45) is 2.19. The molecule has 2 atom stereocenters. The second-order valence-corrected chi connectivity index (χ2v) is 4.88. The molecule has 1 fully saturated rings. The molecule has 4 heteroatoms. The summed E-state index contributed by atoms with van der Waals surface area (Å²) >= 11 is 0. The van der Waals surface area contributed by atoms with Crippen molar-refractivity contribution in [1.82, 2.24) is 9.80 Å². The van der Waals surface area contributed by atoms with E-state index in [0.717, 1.165) is 39.3 Å². The van der Waals surface area contributed by atoms with Crippen LogP contribution in [0, 0.1) is 0 Å². The Hall–Kier alpha value is -0.160. The van der Waals surface area contributed by atoms with Gasteiger partial charge in [0, 0.05) is 18.7 Å². The highest BCUT2D eigenvalue weighted by atomic mass is 16.5. The van der Waals surface area contributed by atoms with Crippen molar-refractivity contribution in [3.63, 3.8) is 0 Å². The largest absolute Gasteiger partial charge is 0.380 e. The number of hydrogen-bond donors (Lipinski definition) is 1. The lowest BCUT2D eigenvalue weighted by Gasteiger charge is -2.37. The minimum absolute atomic E-state index is 0.285. The van der Waals surface area contributed by atoms with E-state index in [4.69, 9.17) is 10.5 Å². The van der Waals surface area contributed by atoms with Crippen molar-refractivity contribution in [3.05, 3.63) is 0 Å². The van der Waals surface area contributed by atoms with Gasteiger partial charge in [0.15, 0.2) is 0 Å². The number of ether oxygens (including phenoxy) is 1. The summed E-state index contributed by atoms with van der Waals surface area (Å²) in [7, 11) is 4.23. The molecule has 1 heterocycles. The molecule has 0 aliphatic carbocycles. The van der Waals surface area contributed by atoms with E-state index in [1.165, 1.54) is 6.42 Å². The highest BCUT2D eigenvalue weighted by molar-refractivity contribution is 4.84. The average molecular weight is 229 g/mol. The summed E-state index contributed by atoms with van der Waals surface area (Å²) in [6, 6.07) is 0.703. The van der Waals surface area contributed by atoms with Crippen molar-refractivity contribution in [2.45, 2.75) is 31.8 Å². The smallest absolute Gasteiger partial charge is 0.0636 e. The first-order chi connectivity index (χ1) is 7.65. The fourth-order valence-corrected chi connectivity index (χ4v) is 2.26. The number of nitrogens with two attached hydrogens (primary N) is 1. The highest BCUT2D eigenvalue weighted by Crippen LogP contribution is 2.12. The van der Waals surface area contributed by atoms with E-state index in [9.17, 15) is 0 Å². The van der Waals surface area contributed by atoms with Crippen molar-refractivity contribution < 1.29 is 4.74 Å². The van der Waals surface area contributed by atoms with Crippen LogP contribution in [0.15, 0.2) is 0 Å². The predicted octanol–water partition coefficient (Wildman–Crippen LogP) is 0.376. The molecule has 2 N–H and O–H groups in total. The van der Waals surface area contributed by atoms with Gasteiger partial charge in [-0.05, 0) is 46.6 Å². The maximum Gasteiger partial charge on any atom is 0.0636 e.